The third-order valence-corrected chi connectivity index (χ3v) is 5.29. The van der Waals surface area contributed by atoms with Crippen molar-refractivity contribution >= 4 is 23.2 Å². The van der Waals surface area contributed by atoms with Crippen molar-refractivity contribution < 1.29 is 9.32 Å². The van der Waals surface area contributed by atoms with E-state index in [0.717, 1.165) is 43.9 Å². The fraction of sp³-hybridized carbons (Fsp3) is 0.562. The van der Waals surface area contributed by atoms with Crippen molar-refractivity contribution in [2.24, 2.45) is 5.92 Å². The first-order valence-corrected chi connectivity index (χ1v) is 8.95. The Bertz CT molecular complexity index is 698. The number of thiazole rings is 1. The van der Waals surface area contributed by atoms with Crippen molar-refractivity contribution in [3.63, 3.8) is 0 Å². The molecular weight excluding hydrogens is 326 g/mol. The summed E-state index contributed by atoms with van der Waals surface area (Å²) in [7, 11) is 2.13. The Hall–Kier alpha value is -1.93. The maximum Gasteiger partial charge on any atom is 0.323 e. The molecule has 0 radical (unpaired) electrons. The number of carbonyl (C=O) groups is 1. The first kappa shape index (κ1) is 16.9. The standard InChI is InChI=1S/C16H23N5O2S/c1-11-9-23-19-15(11)18-16(22)21-5-4-13(7-21)6-20(3)8-14-12(2)17-10-24-14/h9-10,13H,4-8H2,1-3H3,(H,18,19,22)/t13-/m0/s1. The number of aromatic nitrogens is 2. The zero-order valence-electron chi connectivity index (χ0n) is 14.3. The average molecular weight is 349 g/mol. The molecule has 1 atom stereocenters. The zero-order valence-corrected chi connectivity index (χ0v) is 15.1. The Kier molecular flexibility index (Phi) is 5.15. The molecule has 1 aliphatic heterocycles. The topological polar surface area (TPSA) is 74.5 Å². The molecule has 0 bridgehead atoms. The van der Waals surface area contributed by atoms with Crippen LogP contribution in [0.5, 0.6) is 0 Å². The maximum atomic E-state index is 12.3. The van der Waals surface area contributed by atoms with E-state index < -0.39 is 0 Å². The fourth-order valence-electron chi connectivity index (χ4n) is 2.98. The van der Waals surface area contributed by atoms with Gasteiger partial charge in [-0.3, -0.25) is 5.32 Å². The van der Waals surface area contributed by atoms with E-state index in [0.29, 0.717) is 11.7 Å². The summed E-state index contributed by atoms with van der Waals surface area (Å²) < 4.78 is 4.85. The first-order valence-electron chi connectivity index (χ1n) is 8.07. The van der Waals surface area contributed by atoms with Gasteiger partial charge in [-0.15, -0.1) is 11.3 Å². The molecule has 0 aromatic carbocycles. The number of likely N-dealkylation sites (tertiary alicyclic amines) is 1. The lowest BCUT2D eigenvalue weighted by Gasteiger charge is -2.21. The molecule has 2 amide bonds. The van der Waals surface area contributed by atoms with Crippen LogP contribution in [-0.4, -0.2) is 52.7 Å². The number of urea groups is 1. The second-order valence-corrected chi connectivity index (χ2v) is 7.37. The molecule has 130 valence electrons. The van der Waals surface area contributed by atoms with Crippen LogP contribution in [0.1, 0.15) is 22.6 Å². The van der Waals surface area contributed by atoms with Gasteiger partial charge in [-0.2, -0.15) is 0 Å². The van der Waals surface area contributed by atoms with E-state index >= 15 is 0 Å². The van der Waals surface area contributed by atoms with Crippen LogP contribution in [0.2, 0.25) is 0 Å². The third kappa shape index (κ3) is 3.93. The molecule has 8 heteroatoms. The molecule has 3 heterocycles. The third-order valence-electron chi connectivity index (χ3n) is 4.37. The van der Waals surface area contributed by atoms with E-state index in [-0.39, 0.29) is 6.03 Å². The number of anilines is 1. The monoisotopic (exact) mass is 349 g/mol. The van der Waals surface area contributed by atoms with Crippen molar-refractivity contribution in [1.29, 1.82) is 0 Å². The summed E-state index contributed by atoms with van der Waals surface area (Å²) in [5, 5.41) is 6.61. The number of rotatable bonds is 5. The molecular formula is C16H23N5O2S. The fourth-order valence-corrected chi connectivity index (χ4v) is 3.84. The molecule has 0 unspecified atom stereocenters. The average Bonchev–Trinajstić information content (AvgIpc) is 3.24. The highest BCUT2D eigenvalue weighted by Gasteiger charge is 2.27. The van der Waals surface area contributed by atoms with Gasteiger partial charge in [-0.25, -0.2) is 9.78 Å². The Morgan fingerprint density at radius 2 is 2.38 bits per heavy atom. The highest BCUT2D eigenvalue weighted by atomic mass is 32.1. The Balaban J connectivity index is 1.47. The van der Waals surface area contributed by atoms with Crippen LogP contribution in [0.3, 0.4) is 0 Å². The smallest absolute Gasteiger partial charge is 0.323 e. The van der Waals surface area contributed by atoms with Gasteiger partial charge >= 0.3 is 6.03 Å². The minimum absolute atomic E-state index is 0.101. The zero-order chi connectivity index (χ0) is 17.1. The van der Waals surface area contributed by atoms with Crippen LogP contribution >= 0.6 is 11.3 Å². The molecule has 2 aromatic rings. The predicted molar refractivity (Wildman–Crippen MR) is 93.1 cm³/mol. The number of nitrogens with one attached hydrogen (secondary N) is 1. The van der Waals surface area contributed by atoms with Crippen LogP contribution in [0.4, 0.5) is 10.6 Å². The largest absolute Gasteiger partial charge is 0.362 e. The van der Waals surface area contributed by atoms with E-state index in [4.69, 9.17) is 4.52 Å². The summed E-state index contributed by atoms with van der Waals surface area (Å²) >= 11 is 1.70. The van der Waals surface area contributed by atoms with Crippen molar-refractivity contribution in [1.82, 2.24) is 19.9 Å². The molecule has 0 aliphatic carbocycles. The van der Waals surface area contributed by atoms with Gasteiger partial charge < -0.3 is 14.3 Å². The molecule has 1 saturated heterocycles. The lowest BCUT2D eigenvalue weighted by Crippen LogP contribution is -2.34. The number of hydrogen-bond acceptors (Lipinski definition) is 6. The molecule has 7 nitrogen and oxygen atoms in total. The summed E-state index contributed by atoms with van der Waals surface area (Å²) in [6.45, 7) is 7.35. The molecule has 24 heavy (non-hydrogen) atoms. The van der Waals surface area contributed by atoms with Crippen LogP contribution in [-0.2, 0) is 6.54 Å². The van der Waals surface area contributed by atoms with E-state index in [2.05, 4.69) is 27.4 Å². The lowest BCUT2D eigenvalue weighted by atomic mass is 10.1. The van der Waals surface area contributed by atoms with Gasteiger partial charge in [0, 0.05) is 36.6 Å². The highest BCUT2D eigenvalue weighted by Crippen LogP contribution is 2.21. The number of aryl methyl sites for hydroxylation is 2. The van der Waals surface area contributed by atoms with Crippen LogP contribution in [0, 0.1) is 19.8 Å². The number of nitrogens with zero attached hydrogens (tertiary/aromatic N) is 4. The molecule has 1 N–H and O–H groups in total. The normalized spacial score (nSPS) is 17.7. The van der Waals surface area contributed by atoms with Crippen molar-refractivity contribution in [3.05, 3.63) is 27.9 Å². The maximum absolute atomic E-state index is 12.3. The van der Waals surface area contributed by atoms with Crippen molar-refractivity contribution in [2.45, 2.75) is 26.8 Å². The van der Waals surface area contributed by atoms with Gasteiger partial charge in [0.05, 0.1) is 11.2 Å². The summed E-state index contributed by atoms with van der Waals surface area (Å²) in [6.07, 6.45) is 2.55. The first-order chi connectivity index (χ1) is 11.5. The summed E-state index contributed by atoms with van der Waals surface area (Å²) in [5.74, 6) is 0.994. The molecule has 3 rings (SSSR count). The van der Waals surface area contributed by atoms with Crippen LogP contribution < -0.4 is 5.32 Å². The van der Waals surface area contributed by atoms with E-state index in [9.17, 15) is 4.79 Å². The predicted octanol–water partition coefficient (Wildman–Crippen LogP) is 2.73. The molecule has 2 aromatic heterocycles. The quantitative estimate of drug-likeness (QED) is 0.898. The van der Waals surface area contributed by atoms with Gasteiger partial charge in [0.15, 0.2) is 5.82 Å². The van der Waals surface area contributed by atoms with Gasteiger partial charge in [-0.1, -0.05) is 5.16 Å². The second kappa shape index (κ2) is 7.31. The Morgan fingerprint density at radius 3 is 3.04 bits per heavy atom. The summed E-state index contributed by atoms with van der Waals surface area (Å²) in [5.41, 5.74) is 3.84. The van der Waals surface area contributed by atoms with E-state index in [1.807, 2.05) is 24.3 Å². The number of amides is 2. The summed E-state index contributed by atoms with van der Waals surface area (Å²) in [4.78, 5) is 22.1. The Labute approximate surface area is 145 Å². The van der Waals surface area contributed by atoms with Gasteiger partial charge in [-0.05, 0) is 33.2 Å². The van der Waals surface area contributed by atoms with Gasteiger partial charge in [0.25, 0.3) is 0 Å². The van der Waals surface area contributed by atoms with Crippen LogP contribution in [0.25, 0.3) is 0 Å². The summed E-state index contributed by atoms with van der Waals surface area (Å²) in [6, 6.07) is -0.101. The second-order valence-electron chi connectivity index (χ2n) is 6.43. The molecule has 1 aliphatic rings. The number of carbonyl (C=O) groups excluding carboxylic acids is 1. The molecule has 1 fully saturated rings. The SMILES string of the molecule is Cc1conc1NC(=O)N1CC[C@@H](CN(C)Cc2scnc2C)C1. The van der Waals surface area contributed by atoms with Crippen molar-refractivity contribution in [2.75, 3.05) is 32.0 Å². The van der Waals surface area contributed by atoms with Gasteiger partial charge in [0.2, 0.25) is 0 Å². The van der Waals surface area contributed by atoms with Crippen LogP contribution in [0.15, 0.2) is 16.3 Å². The van der Waals surface area contributed by atoms with E-state index in [1.165, 1.54) is 11.1 Å². The minimum Gasteiger partial charge on any atom is -0.362 e. The minimum atomic E-state index is -0.101. The lowest BCUT2D eigenvalue weighted by molar-refractivity contribution is 0.216. The van der Waals surface area contributed by atoms with E-state index in [1.54, 1.807) is 11.3 Å². The number of hydrogen-bond donors (Lipinski definition) is 1. The highest BCUT2D eigenvalue weighted by molar-refractivity contribution is 7.09. The van der Waals surface area contributed by atoms with Gasteiger partial charge in [0.1, 0.15) is 6.26 Å². The Morgan fingerprint density at radius 1 is 1.54 bits per heavy atom. The molecule has 0 spiro atoms. The molecule has 0 saturated carbocycles. The van der Waals surface area contributed by atoms with Crippen molar-refractivity contribution in [3.8, 4) is 0 Å².